The molecule has 2 aromatic heterocycles. The number of carbonyl (C=O) groups excluding carboxylic acids is 2. The maximum atomic E-state index is 13.5. The Morgan fingerprint density at radius 2 is 1.84 bits per heavy atom. The first-order valence-corrected chi connectivity index (χ1v) is 10.4. The SMILES string of the molecule is Cc1ccc(CNC(=O)[C@@H]2Cn3c(cc4ccccc43)C(=O)N2Cc2ccccc2)o1. The van der Waals surface area contributed by atoms with E-state index in [2.05, 4.69) is 5.32 Å². The third kappa shape index (κ3) is 3.61. The number of aryl methyl sites for hydroxylation is 1. The lowest BCUT2D eigenvalue weighted by molar-refractivity contribution is -0.127. The summed E-state index contributed by atoms with van der Waals surface area (Å²) in [6.45, 7) is 2.94. The number of rotatable bonds is 5. The maximum absolute atomic E-state index is 13.5. The second-order valence-electron chi connectivity index (χ2n) is 7.86. The number of amides is 2. The highest BCUT2D eigenvalue weighted by Crippen LogP contribution is 2.28. The van der Waals surface area contributed by atoms with Crippen molar-refractivity contribution in [2.75, 3.05) is 0 Å². The van der Waals surface area contributed by atoms with Gasteiger partial charge in [-0.15, -0.1) is 0 Å². The number of hydrogen-bond donors (Lipinski definition) is 1. The Morgan fingerprint density at radius 1 is 1.06 bits per heavy atom. The molecule has 0 aliphatic carbocycles. The Labute approximate surface area is 180 Å². The molecule has 3 heterocycles. The van der Waals surface area contributed by atoms with Crippen LogP contribution in [0.5, 0.6) is 0 Å². The fraction of sp³-hybridized carbons (Fsp3) is 0.200. The molecule has 1 aliphatic heterocycles. The van der Waals surface area contributed by atoms with Crippen molar-refractivity contribution in [3.05, 3.63) is 95.6 Å². The van der Waals surface area contributed by atoms with Crippen LogP contribution in [0.4, 0.5) is 0 Å². The fourth-order valence-corrected chi connectivity index (χ4v) is 4.20. The van der Waals surface area contributed by atoms with Gasteiger partial charge in [-0.05, 0) is 36.8 Å². The second-order valence-corrected chi connectivity index (χ2v) is 7.86. The van der Waals surface area contributed by atoms with Crippen LogP contribution in [0.15, 0.2) is 77.2 Å². The number of aromatic nitrogens is 1. The molecular weight excluding hydrogens is 390 g/mol. The molecule has 0 fully saturated rings. The Balaban J connectivity index is 1.47. The monoisotopic (exact) mass is 413 g/mol. The predicted octanol–water partition coefficient (Wildman–Crippen LogP) is 3.88. The number of benzene rings is 2. The van der Waals surface area contributed by atoms with E-state index in [1.807, 2.05) is 84.3 Å². The standard InChI is InChI=1S/C25H23N3O3/c1-17-11-12-20(31-17)14-26-24(29)23-16-27-21-10-6-5-9-19(21)13-22(27)25(30)28(23)15-18-7-3-2-4-8-18/h2-13,23H,14-16H2,1H3,(H,26,29)/t23-/m0/s1. The van der Waals surface area contributed by atoms with E-state index >= 15 is 0 Å². The van der Waals surface area contributed by atoms with Gasteiger partial charge in [0.25, 0.3) is 5.91 Å². The Bertz CT molecular complexity index is 1260. The molecule has 0 saturated carbocycles. The molecule has 0 saturated heterocycles. The smallest absolute Gasteiger partial charge is 0.271 e. The van der Waals surface area contributed by atoms with Gasteiger partial charge in [0.1, 0.15) is 23.3 Å². The van der Waals surface area contributed by atoms with Crippen LogP contribution >= 0.6 is 0 Å². The van der Waals surface area contributed by atoms with E-state index in [1.165, 1.54) is 0 Å². The molecule has 2 amide bonds. The first-order chi connectivity index (χ1) is 15.1. The van der Waals surface area contributed by atoms with Crippen LogP contribution in [0.1, 0.15) is 27.6 Å². The van der Waals surface area contributed by atoms with Crippen molar-refractivity contribution in [3.8, 4) is 0 Å². The minimum absolute atomic E-state index is 0.139. The molecular formula is C25H23N3O3. The molecule has 1 atom stereocenters. The summed E-state index contributed by atoms with van der Waals surface area (Å²) in [5.41, 5.74) is 2.56. The van der Waals surface area contributed by atoms with E-state index in [9.17, 15) is 9.59 Å². The quantitative estimate of drug-likeness (QED) is 0.540. The van der Waals surface area contributed by atoms with Crippen molar-refractivity contribution >= 4 is 22.7 Å². The minimum Gasteiger partial charge on any atom is -0.465 e. The van der Waals surface area contributed by atoms with Gasteiger partial charge >= 0.3 is 0 Å². The summed E-state index contributed by atoms with van der Waals surface area (Å²) in [5, 5.41) is 3.95. The number of hydrogen-bond acceptors (Lipinski definition) is 3. The molecule has 31 heavy (non-hydrogen) atoms. The van der Waals surface area contributed by atoms with Gasteiger partial charge < -0.3 is 19.2 Å². The molecule has 1 N–H and O–H groups in total. The lowest BCUT2D eigenvalue weighted by atomic mass is 10.1. The van der Waals surface area contributed by atoms with E-state index in [1.54, 1.807) is 4.90 Å². The van der Waals surface area contributed by atoms with Gasteiger partial charge in [0.05, 0.1) is 13.1 Å². The highest BCUT2D eigenvalue weighted by atomic mass is 16.3. The number of furan rings is 1. The highest BCUT2D eigenvalue weighted by Gasteiger charge is 2.37. The van der Waals surface area contributed by atoms with Crippen molar-refractivity contribution in [2.45, 2.75) is 32.6 Å². The van der Waals surface area contributed by atoms with E-state index in [0.717, 1.165) is 22.2 Å². The van der Waals surface area contributed by atoms with Crippen LogP contribution in [0.25, 0.3) is 10.9 Å². The summed E-state index contributed by atoms with van der Waals surface area (Å²) in [7, 11) is 0. The normalized spacial score (nSPS) is 15.8. The van der Waals surface area contributed by atoms with Crippen molar-refractivity contribution in [2.24, 2.45) is 0 Å². The van der Waals surface area contributed by atoms with Crippen molar-refractivity contribution in [1.29, 1.82) is 0 Å². The summed E-state index contributed by atoms with van der Waals surface area (Å²) in [5.74, 6) is 1.16. The van der Waals surface area contributed by atoms with Crippen LogP contribution in [0.2, 0.25) is 0 Å². The van der Waals surface area contributed by atoms with E-state index in [0.29, 0.717) is 24.5 Å². The van der Waals surface area contributed by atoms with Gasteiger partial charge in [-0.25, -0.2) is 0 Å². The summed E-state index contributed by atoms with van der Waals surface area (Å²) in [6.07, 6.45) is 0. The van der Waals surface area contributed by atoms with Crippen molar-refractivity contribution in [3.63, 3.8) is 0 Å². The Morgan fingerprint density at radius 3 is 2.61 bits per heavy atom. The van der Waals surface area contributed by atoms with Crippen molar-refractivity contribution in [1.82, 2.24) is 14.8 Å². The third-order valence-electron chi connectivity index (χ3n) is 5.75. The molecule has 1 aliphatic rings. The summed E-state index contributed by atoms with van der Waals surface area (Å²) < 4.78 is 7.52. The van der Waals surface area contributed by atoms with Crippen LogP contribution in [0, 0.1) is 6.92 Å². The molecule has 156 valence electrons. The van der Waals surface area contributed by atoms with Gasteiger partial charge in [0, 0.05) is 17.4 Å². The first-order valence-electron chi connectivity index (χ1n) is 10.4. The van der Waals surface area contributed by atoms with Gasteiger partial charge in [-0.2, -0.15) is 0 Å². The predicted molar refractivity (Wildman–Crippen MR) is 117 cm³/mol. The van der Waals surface area contributed by atoms with Gasteiger partial charge in [0.15, 0.2) is 0 Å². The molecule has 0 spiro atoms. The highest BCUT2D eigenvalue weighted by molar-refractivity contribution is 6.02. The maximum Gasteiger partial charge on any atom is 0.271 e. The molecule has 6 nitrogen and oxygen atoms in total. The Kier molecular flexibility index (Phi) is 4.82. The van der Waals surface area contributed by atoms with E-state index < -0.39 is 6.04 Å². The summed E-state index contributed by atoms with van der Waals surface area (Å²) in [4.78, 5) is 28.4. The van der Waals surface area contributed by atoms with E-state index in [-0.39, 0.29) is 18.4 Å². The van der Waals surface area contributed by atoms with Crippen LogP contribution in [-0.4, -0.2) is 27.3 Å². The Hall–Kier alpha value is -3.80. The number of nitrogens with zero attached hydrogens (tertiary/aromatic N) is 2. The lowest BCUT2D eigenvalue weighted by Gasteiger charge is -2.36. The molecule has 5 rings (SSSR count). The van der Waals surface area contributed by atoms with Crippen LogP contribution in [-0.2, 0) is 24.4 Å². The topological polar surface area (TPSA) is 67.5 Å². The minimum atomic E-state index is -0.618. The zero-order chi connectivity index (χ0) is 21.4. The summed E-state index contributed by atoms with van der Waals surface area (Å²) in [6, 6.07) is 22.6. The fourth-order valence-electron chi connectivity index (χ4n) is 4.20. The second kappa shape index (κ2) is 7.80. The first kappa shape index (κ1) is 19.2. The molecule has 0 radical (unpaired) electrons. The number of para-hydroxylation sites is 1. The zero-order valence-corrected chi connectivity index (χ0v) is 17.2. The average Bonchev–Trinajstić information content (AvgIpc) is 3.38. The molecule has 0 unspecified atom stereocenters. The third-order valence-corrected chi connectivity index (χ3v) is 5.75. The molecule has 4 aromatic rings. The van der Waals surface area contributed by atoms with Gasteiger partial charge in [0.2, 0.25) is 5.91 Å². The molecule has 6 heteroatoms. The number of carbonyl (C=O) groups is 2. The number of nitrogens with one attached hydrogen (secondary N) is 1. The molecule has 2 aromatic carbocycles. The van der Waals surface area contributed by atoms with Crippen LogP contribution in [0.3, 0.4) is 0 Å². The summed E-state index contributed by atoms with van der Waals surface area (Å²) >= 11 is 0. The van der Waals surface area contributed by atoms with Gasteiger partial charge in [-0.1, -0.05) is 48.5 Å². The van der Waals surface area contributed by atoms with Gasteiger partial charge in [-0.3, -0.25) is 9.59 Å². The molecule has 0 bridgehead atoms. The zero-order valence-electron chi connectivity index (χ0n) is 17.2. The largest absolute Gasteiger partial charge is 0.465 e. The average molecular weight is 413 g/mol. The van der Waals surface area contributed by atoms with E-state index in [4.69, 9.17) is 4.42 Å². The van der Waals surface area contributed by atoms with Crippen molar-refractivity contribution < 1.29 is 14.0 Å². The number of fused-ring (bicyclic) bond motifs is 3. The lowest BCUT2D eigenvalue weighted by Crippen LogP contribution is -2.54. The van der Waals surface area contributed by atoms with Crippen LogP contribution < -0.4 is 5.32 Å².